The summed E-state index contributed by atoms with van der Waals surface area (Å²) in [6.45, 7) is 2.65. The van der Waals surface area contributed by atoms with Crippen LogP contribution in [-0.2, 0) is 13.0 Å². The van der Waals surface area contributed by atoms with Gasteiger partial charge < -0.3 is 5.32 Å². The van der Waals surface area contributed by atoms with Gasteiger partial charge in [0.1, 0.15) is 0 Å². The minimum absolute atomic E-state index is 0.0410. The van der Waals surface area contributed by atoms with Crippen molar-refractivity contribution in [2.24, 2.45) is 0 Å². The second kappa shape index (κ2) is 7.07. The summed E-state index contributed by atoms with van der Waals surface area (Å²) in [7, 11) is 0. The summed E-state index contributed by atoms with van der Waals surface area (Å²) in [5, 5.41) is 7.64. The van der Waals surface area contributed by atoms with Gasteiger partial charge in [0.25, 0.3) is 5.91 Å². The van der Waals surface area contributed by atoms with Gasteiger partial charge in [-0.1, -0.05) is 30.3 Å². The molecule has 0 radical (unpaired) electrons. The fourth-order valence-electron chi connectivity index (χ4n) is 3.39. The van der Waals surface area contributed by atoms with Crippen molar-refractivity contribution in [2.75, 3.05) is 0 Å². The van der Waals surface area contributed by atoms with Gasteiger partial charge in [-0.3, -0.25) is 9.48 Å². The van der Waals surface area contributed by atoms with Crippen LogP contribution in [0.25, 0.3) is 0 Å². The molecule has 3 aromatic rings. The molecule has 0 fully saturated rings. The third kappa shape index (κ3) is 3.35. The first-order chi connectivity index (χ1) is 12.7. The molecule has 26 heavy (non-hydrogen) atoms. The van der Waals surface area contributed by atoms with Crippen LogP contribution >= 0.6 is 0 Å². The predicted molar refractivity (Wildman–Crippen MR) is 97.7 cm³/mol. The highest BCUT2D eigenvalue weighted by Gasteiger charge is 2.26. The lowest BCUT2D eigenvalue weighted by molar-refractivity contribution is 0.0922. The van der Waals surface area contributed by atoms with E-state index in [0.29, 0.717) is 0 Å². The van der Waals surface area contributed by atoms with Crippen molar-refractivity contribution in [3.8, 4) is 0 Å². The van der Waals surface area contributed by atoms with E-state index in [4.69, 9.17) is 0 Å². The molecule has 4 rings (SSSR count). The molecule has 132 valence electrons. The molecule has 0 aliphatic heterocycles. The van der Waals surface area contributed by atoms with Gasteiger partial charge in [0.05, 0.1) is 18.8 Å². The fraction of sp³-hybridized carbons (Fsp3) is 0.300. The van der Waals surface area contributed by atoms with Crippen LogP contribution in [0.2, 0.25) is 0 Å². The Kier molecular flexibility index (Phi) is 4.48. The molecule has 1 N–H and O–H groups in total. The van der Waals surface area contributed by atoms with Crippen LogP contribution in [-0.4, -0.2) is 25.7 Å². The average molecular weight is 347 g/mol. The summed E-state index contributed by atoms with van der Waals surface area (Å²) in [5.74, 6) is -0.0296. The second-order valence-electron chi connectivity index (χ2n) is 6.69. The summed E-state index contributed by atoms with van der Waals surface area (Å²) in [5.41, 5.74) is 4.46. The zero-order valence-electron chi connectivity index (χ0n) is 14.7. The maximum absolute atomic E-state index is 12.5. The van der Waals surface area contributed by atoms with Crippen molar-refractivity contribution >= 4 is 5.91 Å². The highest BCUT2D eigenvalue weighted by atomic mass is 16.2. The Hall–Kier alpha value is -3.02. The van der Waals surface area contributed by atoms with E-state index in [-0.39, 0.29) is 17.8 Å². The monoisotopic (exact) mass is 347 g/mol. The SMILES string of the molecule is Cc1cnc(C(=O)NC2CCCc3c2cnn3Cc2ccccc2)nc1. The minimum atomic E-state index is -0.237. The number of aryl methyl sites for hydroxylation is 1. The van der Waals surface area contributed by atoms with Gasteiger partial charge in [0.15, 0.2) is 0 Å². The fourth-order valence-corrected chi connectivity index (χ4v) is 3.39. The number of nitrogens with zero attached hydrogens (tertiary/aromatic N) is 4. The maximum atomic E-state index is 12.5. The Morgan fingerprint density at radius 1 is 1.19 bits per heavy atom. The highest BCUT2D eigenvalue weighted by molar-refractivity contribution is 5.90. The first kappa shape index (κ1) is 16.4. The first-order valence-electron chi connectivity index (χ1n) is 8.89. The highest BCUT2D eigenvalue weighted by Crippen LogP contribution is 2.30. The van der Waals surface area contributed by atoms with Crippen LogP contribution in [0, 0.1) is 6.92 Å². The summed E-state index contributed by atoms with van der Waals surface area (Å²) >= 11 is 0. The van der Waals surface area contributed by atoms with Gasteiger partial charge >= 0.3 is 0 Å². The van der Waals surface area contributed by atoms with Crippen LogP contribution in [0.15, 0.2) is 48.9 Å². The molecule has 1 atom stereocenters. The molecule has 1 amide bonds. The number of rotatable bonds is 4. The Balaban J connectivity index is 1.52. The van der Waals surface area contributed by atoms with Crippen molar-refractivity contribution in [1.82, 2.24) is 25.1 Å². The Labute approximate surface area is 152 Å². The van der Waals surface area contributed by atoms with Crippen molar-refractivity contribution in [3.63, 3.8) is 0 Å². The summed E-state index contributed by atoms with van der Waals surface area (Å²) < 4.78 is 2.05. The molecular weight excluding hydrogens is 326 g/mol. The van der Waals surface area contributed by atoms with E-state index < -0.39 is 0 Å². The largest absolute Gasteiger partial charge is 0.342 e. The van der Waals surface area contributed by atoms with E-state index in [0.717, 1.165) is 36.9 Å². The van der Waals surface area contributed by atoms with Crippen LogP contribution < -0.4 is 5.32 Å². The molecule has 0 bridgehead atoms. The van der Waals surface area contributed by atoms with Crippen LogP contribution in [0.3, 0.4) is 0 Å². The number of amides is 1. The van der Waals surface area contributed by atoms with Gasteiger partial charge in [0.2, 0.25) is 5.82 Å². The number of carbonyl (C=O) groups excluding carboxylic acids is 1. The van der Waals surface area contributed by atoms with Crippen molar-refractivity contribution < 1.29 is 4.79 Å². The van der Waals surface area contributed by atoms with Crippen molar-refractivity contribution in [1.29, 1.82) is 0 Å². The topological polar surface area (TPSA) is 72.7 Å². The quantitative estimate of drug-likeness (QED) is 0.788. The number of hydrogen-bond donors (Lipinski definition) is 1. The zero-order chi connectivity index (χ0) is 17.9. The standard InChI is InChI=1S/C20H21N5O/c1-14-10-21-19(22-11-14)20(26)24-17-8-5-9-18-16(17)12-23-25(18)13-15-6-3-2-4-7-15/h2-4,6-7,10-12,17H,5,8-9,13H2,1H3,(H,24,26). The molecule has 0 saturated heterocycles. The zero-order valence-corrected chi connectivity index (χ0v) is 14.7. The molecule has 1 aliphatic carbocycles. The third-order valence-corrected chi connectivity index (χ3v) is 4.73. The van der Waals surface area contributed by atoms with Crippen molar-refractivity contribution in [3.05, 3.63) is 77.1 Å². The molecule has 2 aromatic heterocycles. The minimum Gasteiger partial charge on any atom is -0.342 e. The van der Waals surface area contributed by atoms with Gasteiger partial charge in [-0.15, -0.1) is 0 Å². The first-order valence-corrected chi connectivity index (χ1v) is 8.89. The predicted octanol–water partition coefficient (Wildman–Crippen LogP) is 2.84. The molecular formula is C20H21N5O. The number of hydrogen-bond acceptors (Lipinski definition) is 4. The van der Waals surface area contributed by atoms with E-state index in [1.54, 1.807) is 12.4 Å². The van der Waals surface area contributed by atoms with Crippen LogP contribution in [0.1, 0.15) is 51.9 Å². The van der Waals surface area contributed by atoms with E-state index in [2.05, 4.69) is 32.5 Å². The Morgan fingerprint density at radius 3 is 2.73 bits per heavy atom. The molecule has 1 aromatic carbocycles. The molecule has 6 nitrogen and oxygen atoms in total. The van der Waals surface area contributed by atoms with E-state index >= 15 is 0 Å². The van der Waals surface area contributed by atoms with E-state index in [1.165, 1.54) is 11.3 Å². The third-order valence-electron chi connectivity index (χ3n) is 4.73. The van der Waals surface area contributed by atoms with Gasteiger partial charge in [0, 0.05) is 23.7 Å². The van der Waals surface area contributed by atoms with E-state index in [9.17, 15) is 4.79 Å². The number of benzene rings is 1. The lowest BCUT2D eigenvalue weighted by atomic mass is 9.93. The summed E-state index contributed by atoms with van der Waals surface area (Å²) in [4.78, 5) is 20.7. The van der Waals surface area contributed by atoms with Crippen LogP contribution in [0.4, 0.5) is 0 Å². The molecule has 1 aliphatic rings. The van der Waals surface area contributed by atoms with Gasteiger partial charge in [-0.25, -0.2) is 9.97 Å². The summed E-state index contributed by atoms with van der Waals surface area (Å²) in [6.07, 6.45) is 8.11. The number of nitrogens with one attached hydrogen (secondary N) is 1. The number of carbonyl (C=O) groups is 1. The average Bonchev–Trinajstić information content (AvgIpc) is 3.07. The Morgan fingerprint density at radius 2 is 1.96 bits per heavy atom. The Bertz CT molecular complexity index is 902. The van der Waals surface area contributed by atoms with Gasteiger partial charge in [-0.2, -0.15) is 5.10 Å². The maximum Gasteiger partial charge on any atom is 0.289 e. The van der Waals surface area contributed by atoms with E-state index in [1.807, 2.05) is 36.0 Å². The smallest absolute Gasteiger partial charge is 0.289 e. The molecule has 0 spiro atoms. The molecule has 6 heteroatoms. The number of aromatic nitrogens is 4. The normalized spacial score (nSPS) is 16.1. The van der Waals surface area contributed by atoms with Crippen molar-refractivity contribution in [2.45, 2.75) is 38.8 Å². The molecule has 0 saturated carbocycles. The second-order valence-corrected chi connectivity index (χ2v) is 6.69. The molecule has 2 heterocycles. The summed E-state index contributed by atoms with van der Waals surface area (Å²) in [6, 6.07) is 10.3. The molecule has 1 unspecified atom stereocenters. The lowest BCUT2D eigenvalue weighted by Crippen LogP contribution is -2.32. The number of fused-ring (bicyclic) bond motifs is 1. The van der Waals surface area contributed by atoms with Gasteiger partial charge in [-0.05, 0) is 37.3 Å². The van der Waals surface area contributed by atoms with Crippen LogP contribution in [0.5, 0.6) is 0 Å². The lowest BCUT2D eigenvalue weighted by Gasteiger charge is -2.24.